The van der Waals surface area contributed by atoms with Crippen LogP contribution in [0, 0.1) is 5.92 Å². The Labute approximate surface area is 78.4 Å². The van der Waals surface area contributed by atoms with Crippen LogP contribution >= 0.6 is 0 Å². The van der Waals surface area contributed by atoms with Crippen molar-refractivity contribution >= 4 is 5.97 Å². The molecule has 2 unspecified atom stereocenters. The van der Waals surface area contributed by atoms with Crippen molar-refractivity contribution in [3.63, 3.8) is 0 Å². The van der Waals surface area contributed by atoms with Crippen molar-refractivity contribution in [1.29, 1.82) is 0 Å². The van der Waals surface area contributed by atoms with Gasteiger partial charge in [0.2, 0.25) is 0 Å². The van der Waals surface area contributed by atoms with E-state index in [9.17, 15) is 9.90 Å². The standard InChI is InChI=1S/C10H16O3/c1-7-3-4-8(5-9(7)11)6-10(12)13-2/h3,8-9,11H,4-6H2,1-2H3. The first-order chi connectivity index (χ1) is 6.13. The summed E-state index contributed by atoms with van der Waals surface area (Å²) in [6.07, 6.45) is 3.59. The average Bonchev–Trinajstić information content (AvgIpc) is 2.11. The monoisotopic (exact) mass is 184 g/mol. The fourth-order valence-corrected chi connectivity index (χ4v) is 1.57. The van der Waals surface area contributed by atoms with Gasteiger partial charge >= 0.3 is 5.97 Å². The van der Waals surface area contributed by atoms with Gasteiger partial charge in [-0.15, -0.1) is 0 Å². The molecular formula is C10H16O3. The van der Waals surface area contributed by atoms with Gasteiger partial charge in [-0.25, -0.2) is 0 Å². The van der Waals surface area contributed by atoms with Gasteiger partial charge in [-0.2, -0.15) is 0 Å². The molecule has 0 saturated carbocycles. The number of hydrogen-bond acceptors (Lipinski definition) is 3. The largest absolute Gasteiger partial charge is 0.469 e. The first-order valence-corrected chi connectivity index (χ1v) is 4.55. The van der Waals surface area contributed by atoms with E-state index in [0.717, 1.165) is 12.0 Å². The fraction of sp³-hybridized carbons (Fsp3) is 0.700. The van der Waals surface area contributed by atoms with Gasteiger partial charge in [0, 0.05) is 6.42 Å². The van der Waals surface area contributed by atoms with E-state index >= 15 is 0 Å². The second kappa shape index (κ2) is 4.42. The number of aliphatic hydroxyl groups excluding tert-OH is 1. The van der Waals surface area contributed by atoms with Crippen molar-refractivity contribution in [2.75, 3.05) is 7.11 Å². The van der Waals surface area contributed by atoms with Crippen LogP contribution in [0.5, 0.6) is 0 Å². The molecule has 0 aromatic heterocycles. The van der Waals surface area contributed by atoms with Crippen LogP contribution in [0.2, 0.25) is 0 Å². The van der Waals surface area contributed by atoms with E-state index in [1.807, 2.05) is 13.0 Å². The Morgan fingerprint density at radius 2 is 2.46 bits per heavy atom. The lowest BCUT2D eigenvalue weighted by molar-refractivity contribution is -0.141. The highest BCUT2D eigenvalue weighted by Gasteiger charge is 2.22. The van der Waals surface area contributed by atoms with Crippen LogP contribution in [0.4, 0.5) is 0 Å². The van der Waals surface area contributed by atoms with Gasteiger partial charge in [-0.05, 0) is 31.3 Å². The summed E-state index contributed by atoms with van der Waals surface area (Å²) in [4.78, 5) is 10.9. The molecule has 3 nitrogen and oxygen atoms in total. The Bertz CT molecular complexity index is 220. The smallest absolute Gasteiger partial charge is 0.305 e. The van der Waals surface area contributed by atoms with Gasteiger partial charge in [-0.1, -0.05) is 6.08 Å². The van der Waals surface area contributed by atoms with Crippen LogP contribution in [0.1, 0.15) is 26.2 Å². The molecule has 0 aromatic carbocycles. The molecule has 0 radical (unpaired) electrons. The zero-order chi connectivity index (χ0) is 9.84. The summed E-state index contributed by atoms with van der Waals surface area (Å²) in [5.74, 6) is 0.0521. The van der Waals surface area contributed by atoms with E-state index in [1.54, 1.807) is 0 Å². The molecule has 74 valence electrons. The maximum absolute atomic E-state index is 10.9. The lowest BCUT2D eigenvalue weighted by Gasteiger charge is -2.23. The van der Waals surface area contributed by atoms with Crippen molar-refractivity contribution in [3.8, 4) is 0 Å². The Balaban J connectivity index is 2.43. The highest BCUT2D eigenvalue weighted by Crippen LogP contribution is 2.26. The van der Waals surface area contributed by atoms with Gasteiger partial charge in [0.05, 0.1) is 13.2 Å². The van der Waals surface area contributed by atoms with Gasteiger partial charge in [0.1, 0.15) is 0 Å². The summed E-state index contributed by atoms with van der Waals surface area (Å²) in [7, 11) is 1.39. The summed E-state index contributed by atoms with van der Waals surface area (Å²) < 4.78 is 4.57. The minimum atomic E-state index is -0.372. The maximum Gasteiger partial charge on any atom is 0.305 e. The van der Waals surface area contributed by atoms with Crippen LogP contribution in [-0.4, -0.2) is 24.3 Å². The van der Waals surface area contributed by atoms with Crippen molar-refractivity contribution in [2.24, 2.45) is 5.92 Å². The number of allylic oxidation sites excluding steroid dienone is 1. The molecule has 0 aromatic rings. The first kappa shape index (κ1) is 10.3. The summed E-state index contributed by atoms with van der Waals surface area (Å²) in [6.45, 7) is 1.92. The number of carbonyl (C=O) groups is 1. The maximum atomic E-state index is 10.9. The Kier molecular flexibility index (Phi) is 3.48. The van der Waals surface area contributed by atoms with Crippen molar-refractivity contribution in [1.82, 2.24) is 0 Å². The number of hydrogen-bond donors (Lipinski definition) is 1. The molecule has 1 N–H and O–H groups in total. The molecule has 1 aliphatic carbocycles. The van der Waals surface area contributed by atoms with Crippen molar-refractivity contribution in [2.45, 2.75) is 32.3 Å². The number of esters is 1. The third-order valence-electron chi connectivity index (χ3n) is 2.54. The Morgan fingerprint density at radius 1 is 1.77 bits per heavy atom. The van der Waals surface area contributed by atoms with E-state index in [-0.39, 0.29) is 18.0 Å². The summed E-state index contributed by atoms with van der Waals surface area (Å²) >= 11 is 0. The predicted octanol–water partition coefficient (Wildman–Crippen LogP) is 1.27. The van der Waals surface area contributed by atoms with Crippen molar-refractivity contribution in [3.05, 3.63) is 11.6 Å². The Hall–Kier alpha value is -0.830. The quantitative estimate of drug-likeness (QED) is 0.519. The molecule has 0 saturated heterocycles. The molecule has 0 bridgehead atoms. The number of ether oxygens (including phenoxy) is 1. The van der Waals surface area contributed by atoms with Gasteiger partial charge in [0.25, 0.3) is 0 Å². The molecule has 3 heteroatoms. The molecule has 0 amide bonds. The van der Waals surface area contributed by atoms with E-state index < -0.39 is 0 Å². The molecule has 0 heterocycles. The number of aliphatic hydroxyl groups is 1. The number of methoxy groups -OCH3 is 1. The second-order valence-electron chi connectivity index (χ2n) is 3.58. The topological polar surface area (TPSA) is 46.5 Å². The molecule has 0 spiro atoms. The molecular weight excluding hydrogens is 168 g/mol. The molecule has 1 rings (SSSR count). The average molecular weight is 184 g/mol. The summed E-state index contributed by atoms with van der Waals surface area (Å²) in [6, 6.07) is 0. The molecule has 13 heavy (non-hydrogen) atoms. The van der Waals surface area contributed by atoms with E-state index in [4.69, 9.17) is 0 Å². The highest BCUT2D eigenvalue weighted by atomic mass is 16.5. The van der Waals surface area contributed by atoms with E-state index in [1.165, 1.54) is 7.11 Å². The third-order valence-corrected chi connectivity index (χ3v) is 2.54. The fourth-order valence-electron chi connectivity index (χ4n) is 1.57. The van der Waals surface area contributed by atoms with Gasteiger partial charge in [-0.3, -0.25) is 4.79 Å². The number of carbonyl (C=O) groups excluding carboxylic acids is 1. The first-order valence-electron chi connectivity index (χ1n) is 4.55. The molecule has 0 fully saturated rings. The van der Waals surface area contributed by atoms with Crippen LogP contribution in [0.15, 0.2) is 11.6 Å². The van der Waals surface area contributed by atoms with Crippen LogP contribution in [-0.2, 0) is 9.53 Å². The molecule has 0 aliphatic heterocycles. The number of rotatable bonds is 2. The highest BCUT2D eigenvalue weighted by molar-refractivity contribution is 5.69. The minimum Gasteiger partial charge on any atom is -0.469 e. The minimum absolute atomic E-state index is 0.190. The van der Waals surface area contributed by atoms with Gasteiger partial charge in [0.15, 0.2) is 0 Å². The lowest BCUT2D eigenvalue weighted by Crippen LogP contribution is -2.21. The Morgan fingerprint density at radius 3 is 3.00 bits per heavy atom. The zero-order valence-corrected chi connectivity index (χ0v) is 8.12. The van der Waals surface area contributed by atoms with Crippen LogP contribution in [0.25, 0.3) is 0 Å². The lowest BCUT2D eigenvalue weighted by atomic mass is 9.86. The summed E-state index contributed by atoms with van der Waals surface area (Å²) in [5.41, 5.74) is 1.01. The predicted molar refractivity (Wildman–Crippen MR) is 49.1 cm³/mol. The molecule has 1 aliphatic rings. The second-order valence-corrected chi connectivity index (χ2v) is 3.58. The van der Waals surface area contributed by atoms with E-state index in [0.29, 0.717) is 12.8 Å². The van der Waals surface area contributed by atoms with E-state index in [2.05, 4.69) is 4.74 Å². The van der Waals surface area contributed by atoms with Crippen molar-refractivity contribution < 1.29 is 14.6 Å². The normalized spacial score (nSPS) is 28.1. The van der Waals surface area contributed by atoms with Crippen LogP contribution in [0.3, 0.4) is 0 Å². The summed E-state index contributed by atoms with van der Waals surface area (Å²) in [5, 5.41) is 9.51. The third kappa shape index (κ3) is 2.84. The molecule has 2 atom stereocenters. The zero-order valence-electron chi connectivity index (χ0n) is 8.12. The van der Waals surface area contributed by atoms with Gasteiger partial charge < -0.3 is 9.84 Å². The van der Waals surface area contributed by atoms with Crippen LogP contribution < -0.4 is 0 Å². The SMILES string of the molecule is COC(=O)CC1CC=C(C)C(O)C1.